The number of aliphatic hydroxyl groups excluding tert-OH is 1. The molecule has 11 N–H and O–H groups in total. The number of carboxylic acids is 1. The van der Waals surface area contributed by atoms with Crippen LogP contribution in [0.3, 0.4) is 0 Å². The lowest BCUT2D eigenvalue weighted by atomic mass is 9.99. The van der Waals surface area contributed by atoms with Gasteiger partial charge in [0.05, 0.1) is 12.1 Å². The fraction of sp³-hybridized carbons (Fsp3) is 0.737. The van der Waals surface area contributed by atoms with Crippen LogP contribution in [0.25, 0.3) is 0 Å². The maximum Gasteiger partial charge on any atom is 0.326 e. The molecule has 0 aromatic carbocycles. The molecule has 0 heterocycles. The zero-order valence-electron chi connectivity index (χ0n) is 19.0. The Bertz CT molecular complexity index is 681. The maximum absolute atomic E-state index is 12.5. The second-order valence-electron chi connectivity index (χ2n) is 7.72. The summed E-state index contributed by atoms with van der Waals surface area (Å²) in [5.74, 6) is -3.79. The quantitative estimate of drug-likeness (QED) is 0.0768. The van der Waals surface area contributed by atoms with Gasteiger partial charge in [-0.05, 0) is 32.6 Å². The number of carbonyl (C=O) groups excluding carboxylic acids is 3. The average Bonchev–Trinajstić information content (AvgIpc) is 2.71. The van der Waals surface area contributed by atoms with Crippen molar-refractivity contribution in [3.05, 3.63) is 0 Å². The molecule has 0 bridgehead atoms. The van der Waals surface area contributed by atoms with Crippen LogP contribution in [0, 0.1) is 5.92 Å². The Balaban J connectivity index is 4.94. The third kappa shape index (κ3) is 10.4. The average molecular weight is 460 g/mol. The maximum atomic E-state index is 12.5. The molecule has 0 aromatic heterocycles. The Morgan fingerprint density at radius 3 is 1.97 bits per heavy atom. The first-order chi connectivity index (χ1) is 14.8. The van der Waals surface area contributed by atoms with Crippen LogP contribution in [0.4, 0.5) is 0 Å². The molecule has 6 atom stereocenters. The van der Waals surface area contributed by atoms with Crippen LogP contribution < -0.4 is 33.2 Å². The number of carboxylic acid groups (broad SMARTS) is 1. The van der Waals surface area contributed by atoms with E-state index >= 15 is 0 Å². The largest absolute Gasteiger partial charge is 0.480 e. The van der Waals surface area contributed by atoms with Crippen molar-refractivity contribution in [2.45, 2.75) is 77.2 Å². The van der Waals surface area contributed by atoms with Crippen LogP contribution in [0.15, 0.2) is 4.99 Å². The van der Waals surface area contributed by atoms with E-state index in [9.17, 15) is 29.4 Å². The van der Waals surface area contributed by atoms with Crippen molar-refractivity contribution in [1.29, 1.82) is 0 Å². The summed E-state index contributed by atoms with van der Waals surface area (Å²) in [4.78, 5) is 52.3. The van der Waals surface area contributed by atoms with Gasteiger partial charge in [0.15, 0.2) is 5.96 Å². The fourth-order valence-electron chi connectivity index (χ4n) is 2.65. The van der Waals surface area contributed by atoms with Crippen molar-refractivity contribution in [2.24, 2.45) is 28.1 Å². The predicted molar refractivity (Wildman–Crippen MR) is 118 cm³/mol. The number of hydrogen-bond acceptors (Lipinski definition) is 7. The third-order valence-electron chi connectivity index (χ3n) is 4.90. The zero-order valence-corrected chi connectivity index (χ0v) is 19.0. The molecule has 0 fully saturated rings. The third-order valence-corrected chi connectivity index (χ3v) is 4.90. The number of nitrogens with one attached hydrogen (secondary N) is 3. The molecule has 6 unspecified atom stereocenters. The normalized spacial score (nSPS) is 16.4. The highest BCUT2D eigenvalue weighted by Crippen LogP contribution is 2.08. The topological polar surface area (TPSA) is 235 Å². The second-order valence-corrected chi connectivity index (χ2v) is 7.72. The number of guanidine groups is 1. The Morgan fingerprint density at radius 2 is 1.50 bits per heavy atom. The van der Waals surface area contributed by atoms with Gasteiger partial charge in [0, 0.05) is 6.54 Å². The van der Waals surface area contributed by atoms with Gasteiger partial charge in [-0.1, -0.05) is 20.3 Å². The van der Waals surface area contributed by atoms with Crippen LogP contribution in [0.5, 0.6) is 0 Å². The minimum Gasteiger partial charge on any atom is -0.480 e. The summed E-state index contributed by atoms with van der Waals surface area (Å²) >= 11 is 0. The minimum absolute atomic E-state index is 0.0779. The highest BCUT2D eigenvalue weighted by molar-refractivity contribution is 5.94. The van der Waals surface area contributed by atoms with Gasteiger partial charge in [0.25, 0.3) is 0 Å². The lowest BCUT2D eigenvalue weighted by Crippen LogP contribution is -2.59. The summed E-state index contributed by atoms with van der Waals surface area (Å²) in [6.07, 6.45) is -0.0898. The van der Waals surface area contributed by atoms with Crippen molar-refractivity contribution in [3.8, 4) is 0 Å². The van der Waals surface area contributed by atoms with Crippen LogP contribution in [-0.2, 0) is 19.2 Å². The number of carbonyl (C=O) groups is 4. The number of nitrogens with zero attached hydrogens (tertiary/aromatic N) is 1. The number of hydrogen-bond donors (Lipinski definition) is 8. The Hall–Kier alpha value is -2.93. The van der Waals surface area contributed by atoms with Crippen molar-refractivity contribution >= 4 is 29.7 Å². The van der Waals surface area contributed by atoms with E-state index in [-0.39, 0.29) is 24.8 Å². The number of aliphatic hydroxyl groups is 1. The summed E-state index contributed by atoms with van der Waals surface area (Å²) in [6.45, 7) is 6.41. The second kappa shape index (κ2) is 14.2. The molecule has 0 aliphatic rings. The molecule has 0 aliphatic heterocycles. The molecular weight excluding hydrogens is 422 g/mol. The molecule has 0 saturated heterocycles. The van der Waals surface area contributed by atoms with Crippen molar-refractivity contribution in [3.63, 3.8) is 0 Å². The van der Waals surface area contributed by atoms with E-state index in [2.05, 4.69) is 20.9 Å². The summed E-state index contributed by atoms with van der Waals surface area (Å²) in [5, 5.41) is 26.3. The van der Waals surface area contributed by atoms with Gasteiger partial charge in [0.2, 0.25) is 17.7 Å². The summed E-state index contributed by atoms with van der Waals surface area (Å²) in [5.41, 5.74) is 16.2. The van der Waals surface area contributed by atoms with Crippen LogP contribution in [0.1, 0.15) is 47.0 Å². The molecule has 3 amide bonds. The molecule has 0 aliphatic carbocycles. The number of aliphatic imine (C=N–C) groups is 1. The lowest BCUT2D eigenvalue weighted by Gasteiger charge is -2.26. The highest BCUT2D eigenvalue weighted by atomic mass is 16.4. The molecule has 0 spiro atoms. The Kier molecular flexibility index (Phi) is 12.9. The Labute approximate surface area is 187 Å². The molecule has 0 radical (unpaired) electrons. The van der Waals surface area contributed by atoms with Gasteiger partial charge in [0.1, 0.15) is 18.1 Å². The van der Waals surface area contributed by atoms with Gasteiger partial charge in [-0.25, -0.2) is 4.79 Å². The van der Waals surface area contributed by atoms with E-state index in [1.165, 1.54) is 13.8 Å². The minimum atomic E-state index is -1.37. The summed E-state index contributed by atoms with van der Waals surface area (Å²) in [6, 6.07) is -4.56. The molecule has 0 rings (SSSR count). The molecule has 13 nitrogen and oxygen atoms in total. The summed E-state index contributed by atoms with van der Waals surface area (Å²) in [7, 11) is 0. The summed E-state index contributed by atoms with van der Waals surface area (Å²) < 4.78 is 0. The first-order valence-corrected chi connectivity index (χ1v) is 10.4. The van der Waals surface area contributed by atoms with E-state index < -0.39 is 54.0 Å². The molecule has 184 valence electrons. The predicted octanol–water partition coefficient (Wildman–Crippen LogP) is -2.65. The van der Waals surface area contributed by atoms with Crippen molar-refractivity contribution in [2.75, 3.05) is 6.54 Å². The van der Waals surface area contributed by atoms with Crippen LogP contribution in [-0.4, -0.2) is 76.7 Å². The molecule has 0 aromatic rings. The molecule has 32 heavy (non-hydrogen) atoms. The SMILES string of the molecule is CCC(C)C(NC(=O)C(C)NC(=O)C(NC(=O)C(N)CCCN=C(N)N)C(C)O)C(=O)O. The fourth-order valence-corrected chi connectivity index (χ4v) is 2.65. The standard InChI is InChI=1S/C19H37N7O6/c1-5-9(2)13(18(31)32)25-15(28)10(3)24-17(30)14(11(4)27)26-16(29)12(20)7-6-8-23-19(21)22/h9-14,27H,5-8,20H2,1-4H3,(H,24,30)(H,25,28)(H,26,29)(H,31,32)(H4,21,22,23). The Morgan fingerprint density at radius 1 is 0.938 bits per heavy atom. The monoisotopic (exact) mass is 459 g/mol. The number of aliphatic carboxylic acids is 1. The van der Waals surface area contributed by atoms with E-state index in [4.69, 9.17) is 17.2 Å². The van der Waals surface area contributed by atoms with E-state index in [1.54, 1.807) is 13.8 Å². The zero-order chi connectivity index (χ0) is 25.0. The van der Waals surface area contributed by atoms with E-state index in [0.29, 0.717) is 12.8 Å². The van der Waals surface area contributed by atoms with Gasteiger partial charge in [-0.2, -0.15) is 0 Å². The van der Waals surface area contributed by atoms with Crippen molar-refractivity contribution in [1.82, 2.24) is 16.0 Å². The molecule has 0 saturated carbocycles. The lowest BCUT2D eigenvalue weighted by molar-refractivity contribution is -0.143. The molecule has 13 heteroatoms. The van der Waals surface area contributed by atoms with E-state index in [1.807, 2.05) is 0 Å². The number of rotatable bonds is 14. The first-order valence-electron chi connectivity index (χ1n) is 10.4. The first kappa shape index (κ1) is 29.1. The van der Waals surface area contributed by atoms with Gasteiger partial charge < -0.3 is 43.4 Å². The number of amides is 3. The van der Waals surface area contributed by atoms with Crippen LogP contribution in [0.2, 0.25) is 0 Å². The number of nitrogens with two attached hydrogens (primary N) is 3. The van der Waals surface area contributed by atoms with Crippen LogP contribution >= 0.6 is 0 Å². The van der Waals surface area contributed by atoms with Gasteiger partial charge >= 0.3 is 5.97 Å². The molecular formula is C19H37N7O6. The van der Waals surface area contributed by atoms with Gasteiger partial charge in [-0.3, -0.25) is 19.4 Å². The van der Waals surface area contributed by atoms with E-state index in [0.717, 1.165) is 0 Å². The van der Waals surface area contributed by atoms with Crippen molar-refractivity contribution < 1.29 is 29.4 Å². The smallest absolute Gasteiger partial charge is 0.326 e. The highest BCUT2D eigenvalue weighted by Gasteiger charge is 2.31. The van der Waals surface area contributed by atoms with Gasteiger partial charge in [-0.15, -0.1) is 0 Å².